The average molecular weight is 368 g/mol. The zero-order valence-corrected chi connectivity index (χ0v) is 15.0. The van der Waals surface area contributed by atoms with Gasteiger partial charge in [-0.05, 0) is 30.3 Å². The first-order chi connectivity index (χ1) is 12.6. The highest BCUT2D eigenvalue weighted by atomic mass is 32.2. The third-order valence-electron chi connectivity index (χ3n) is 4.36. The predicted molar refractivity (Wildman–Crippen MR) is 101 cm³/mol. The number of nitrogens with one attached hydrogen (secondary N) is 1. The number of carbonyl (C=O) groups is 1. The van der Waals surface area contributed by atoms with Crippen molar-refractivity contribution in [3.8, 4) is 0 Å². The molecule has 0 unspecified atom stereocenters. The number of hydrogen-bond acceptors (Lipinski definition) is 4. The molecule has 0 radical (unpaired) electrons. The Bertz CT molecular complexity index is 1030. The number of hydrazone groups is 1. The average Bonchev–Trinajstić information content (AvgIpc) is 2.96. The largest absolute Gasteiger partial charge is 0.331 e. The molecule has 0 saturated heterocycles. The molecule has 1 aliphatic heterocycles. The Morgan fingerprint density at radius 2 is 2.19 bits per heavy atom. The molecule has 0 bridgehead atoms. The van der Waals surface area contributed by atoms with Crippen LogP contribution in [0.15, 0.2) is 52.5 Å². The van der Waals surface area contributed by atoms with Crippen LogP contribution in [0.2, 0.25) is 0 Å². The minimum atomic E-state index is -0.301. The highest BCUT2D eigenvalue weighted by Crippen LogP contribution is 2.30. The van der Waals surface area contributed by atoms with Crippen LogP contribution in [0.3, 0.4) is 0 Å². The number of rotatable bonds is 3. The smallest absolute Gasteiger partial charge is 0.247 e. The number of fused-ring (bicyclic) bond motifs is 2. The number of halogens is 1. The van der Waals surface area contributed by atoms with Gasteiger partial charge in [0.2, 0.25) is 5.91 Å². The zero-order chi connectivity index (χ0) is 18.1. The van der Waals surface area contributed by atoms with Gasteiger partial charge in [-0.3, -0.25) is 4.79 Å². The van der Waals surface area contributed by atoms with Gasteiger partial charge in [0.05, 0.1) is 23.2 Å². The second-order valence-corrected chi connectivity index (χ2v) is 7.22. The van der Waals surface area contributed by atoms with E-state index in [-0.39, 0.29) is 18.1 Å². The second-order valence-electron chi connectivity index (χ2n) is 6.08. The molecule has 1 aromatic heterocycles. The lowest BCUT2D eigenvalue weighted by atomic mass is 10.1. The predicted octanol–water partition coefficient (Wildman–Crippen LogP) is 3.27. The summed E-state index contributed by atoms with van der Waals surface area (Å²) >= 11 is 1.67. The van der Waals surface area contributed by atoms with Crippen molar-refractivity contribution in [2.45, 2.75) is 17.7 Å². The van der Waals surface area contributed by atoms with Gasteiger partial charge in [-0.25, -0.2) is 14.8 Å². The first kappa shape index (κ1) is 16.8. The molecule has 2 heterocycles. The minimum Gasteiger partial charge on any atom is -0.331 e. The Hall–Kier alpha value is -2.67. The number of amides is 1. The fraction of sp³-hybridized carbons (Fsp3) is 0.211. The highest BCUT2D eigenvalue weighted by molar-refractivity contribution is 7.99. The normalized spacial score (nSPS) is 15.2. The van der Waals surface area contributed by atoms with Gasteiger partial charge >= 0.3 is 0 Å². The van der Waals surface area contributed by atoms with Crippen molar-refractivity contribution in [2.24, 2.45) is 12.1 Å². The Labute approximate surface area is 154 Å². The van der Waals surface area contributed by atoms with Crippen LogP contribution in [0, 0.1) is 5.82 Å². The molecule has 7 heteroatoms. The lowest BCUT2D eigenvalue weighted by Crippen LogP contribution is -2.24. The van der Waals surface area contributed by atoms with E-state index < -0.39 is 0 Å². The van der Waals surface area contributed by atoms with E-state index in [0.29, 0.717) is 18.0 Å². The molecule has 132 valence electrons. The summed E-state index contributed by atoms with van der Waals surface area (Å²) in [6, 6.07) is 12.4. The summed E-state index contributed by atoms with van der Waals surface area (Å²) in [5.41, 5.74) is 5.90. The quantitative estimate of drug-likeness (QED) is 0.722. The molecule has 0 aliphatic carbocycles. The molecule has 1 N–H and O–H groups in total. The molecule has 0 fully saturated rings. The summed E-state index contributed by atoms with van der Waals surface area (Å²) in [5, 5.41) is 4.25. The third kappa shape index (κ3) is 3.22. The lowest BCUT2D eigenvalue weighted by Gasteiger charge is -2.17. The fourth-order valence-corrected chi connectivity index (χ4v) is 4.04. The molecule has 2 aromatic carbocycles. The molecule has 0 atom stereocenters. The van der Waals surface area contributed by atoms with Gasteiger partial charge in [0.15, 0.2) is 0 Å². The van der Waals surface area contributed by atoms with Gasteiger partial charge < -0.3 is 4.57 Å². The fourth-order valence-electron chi connectivity index (χ4n) is 3.03. The molecule has 0 spiro atoms. The molecule has 5 nitrogen and oxygen atoms in total. The van der Waals surface area contributed by atoms with Crippen molar-refractivity contribution >= 4 is 34.4 Å². The van der Waals surface area contributed by atoms with E-state index in [9.17, 15) is 9.18 Å². The number of imidazole rings is 1. The van der Waals surface area contributed by atoms with Crippen LogP contribution in [0.5, 0.6) is 0 Å². The summed E-state index contributed by atoms with van der Waals surface area (Å²) in [7, 11) is 1.89. The third-order valence-corrected chi connectivity index (χ3v) is 5.44. The van der Waals surface area contributed by atoms with E-state index in [2.05, 4.69) is 15.5 Å². The number of hydrogen-bond donors (Lipinski definition) is 1. The molecule has 1 aliphatic rings. The van der Waals surface area contributed by atoms with Crippen molar-refractivity contribution < 1.29 is 9.18 Å². The summed E-state index contributed by atoms with van der Waals surface area (Å²) < 4.78 is 15.4. The maximum Gasteiger partial charge on any atom is 0.247 e. The van der Waals surface area contributed by atoms with Crippen molar-refractivity contribution in [3.05, 3.63) is 59.7 Å². The molecule has 26 heavy (non-hydrogen) atoms. The van der Waals surface area contributed by atoms with Crippen LogP contribution in [-0.2, 0) is 18.3 Å². The Kier molecular flexibility index (Phi) is 4.46. The monoisotopic (exact) mass is 368 g/mol. The van der Waals surface area contributed by atoms with Crippen LogP contribution in [0.25, 0.3) is 11.0 Å². The van der Waals surface area contributed by atoms with Crippen LogP contribution in [0.1, 0.15) is 17.8 Å². The number of carbonyl (C=O) groups excluding carboxylic acids is 1. The SMILES string of the molecule is Cn1c(CC(=O)N/N=C2\CCSc3ccc(F)cc32)nc2ccccc21. The van der Waals surface area contributed by atoms with Crippen molar-refractivity contribution in [1.29, 1.82) is 0 Å². The zero-order valence-electron chi connectivity index (χ0n) is 14.2. The van der Waals surface area contributed by atoms with Gasteiger partial charge in [-0.1, -0.05) is 12.1 Å². The Morgan fingerprint density at radius 1 is 1.35 bits per heavy atom. The molecule has 0 saturated carbocycles. The standard InChI is InChI=1S/C19H17FN4OS/c1-24-16-5-3-2-4-15(16)21-18(24)11-19(25)23-22-14-8-9-26-17-7-6-12(20)10-13(14)17/h2-7,10H,8-9,11H2,1H3,(H,23,25)/b22-14+. The summed E-state index contributed by atoms with van der Waals surface area (Å²) in [5.74, 6) is 0.990. The van der Waals surface area contributed by atoms with Crippen molar-refractivity contribution in [3.63, 3.8) is 0 Å². The number of thioether (sulfide) groups is 1. The van der Waals surface area contributed by atoms with Gasteiger partial charge in [-0.15, -0.1) is 11.8 Å². The molecular formula is C19H17FN4OS. The van der Waals surface area contributed by atoms with Gasteiger partial charge in [0.25, 0.3) is 0 Å². The van der Waals surface area contributed by atoms with E-state index in [0.717, 1.165) is 27.2 Å². The highest BCUT2D eigenvalue weighted by Gasteiger charge is 2.18. The van der Waals surface area contributed by atoms with E-state index in [1.54, 1.807) is 17.8 Å². The van der Waals surface area contributed by atoms with Gasteiger partial charge in [0, 0.05) is 29.7 Å². The van der Waals surface area contributed by atoms with Gasteiger partial charge in [-0.2, -0.15) is 5.10 Å². The van der Waals surface area contributed by atoms with Crippen LogP contribution in [0.4, 0.5) is 4.39 Å². The number of nitrogens with zero attached hydrogens (tertiary/aromatic N) is 3. The number of benzene rings is 2. The van der Waals surface area contributed by atoms with E-state index in [4.69, 9.17) is 0 Å². The topological polar surface area (TPSA) is 59.3 Å². The van der Waals surface area contributed by atoms with Crippen LogP contribution in [-0.4, -0.2) is 26.9 Å². The van der Waals surface area contributed by atoms with Crippen molar-refractivity contribution in [1.82, 2.24) is 15.0 Å². The number of para-hydroxylation sites is 2. The molecular weight excluding hydrogens is 351 g/mol. The minimum absolute atomic E-state index is 0.132. The Morgan fingerprint density at radius 3 is 3.04 bits per heavy atom. The number of aryl methyl sites for hydroxylation is 1. The molecule has 4 rings (SSSR count). The van der Waals surface area contributed by atoms with Crippen LogP contribution < -0.4 is 5.43 Å². The Balaban J connectivity index is 1.51. The van der Waals surface area contributed by atoms with Crippen molar-refractivity contribution in [2.75, 3.05) is 5.75 Å². The van der Waals surface area contributed by atoms with E-state index in [1.807, 2.05) is 35.9 Å². The summed E-state index contributed by atoms with van der Waals surface area (Å²) in [6.45, 7) is 0. The second kappa shape index (κ2) is 6.92. The first-order valence-corrected chi connectivity index (χ1v) is 9.29. The lowest BCUT2D eigenvalue weighted by molar-refractivity contribution is -0.120. The molecule has 1 amide bonds. The van der Waals surface area contributed by atoms with Gasteiger partial charge in [0.1, 0.15) is 11.6 Å². The van der Waals surface area contributed by atoms with Crippen LogP contribution >= 0.6 is 11.8 Å². The first-order valence-electron chi connectivity index (χ1n) is 8.30. The maximum atomic E-state index is 13.5. The summed E-state index contributed by atoms with van der Waals surface area (Å²) in [6.07, 6.45) is 0.820. The number of aromatic nitrogens is 2. The maximum absolute atomic E-state index is 13.5. The van der Waals surface area contributed by atoms with E-state index in [1.165, 1.54) is 12.1 Å². The molecule has 3 aromatic rings. The summed E-state index contributed by atoms with van der Waals surface area (Å²) in [4.78, 5) is 17.8. The van der Waals surface area contributed by atoms with E-state index >= 15 is 0 Å².